The minimum absolute atomic E-state index is 0.0316. The first kappa shape index (κ1) is 12.1. The fraction of sp³-hybridized carbons (Fsp3) is 0.636. The molecule has 1 amide bonds. The zero-order valence-corrected chi connectivity index (χ0v) is 9.93. The van der Waals surface area contributed by atoms with Crippen LogP contribution in [0.1, 0.15) is 18.4 Å². The molecule has 94 valence electrons. The molecule has 1 fully saturated rings. The van der Waals surface area contributed by atoms with E-state index in [1.54, 1.807) is 10.9 Å². The van der Waals surface area contributed by atoms with E-state index in [1.165, 1.54) is 0 Å². The van der Waals surface area contributed by atoms with Crippen molar-refractivity contribution in [2.45, 2.75) is 31.6 Å². The fourth-order valence-electron chi connectivity index (χ4n) is 1.94. The Morgan fingerprint density at radius 1 is 1.71 bits per heavy atom. The predicted molar refractivity (Wildman–Crippen MR) is 62.0 cm³/mol. The van der Waals surface area contributed by atoms with Crippen LogP contribution < -0.4 is 11.1 Å². The van der Waals surface area contributed by atoms with Crippen LogP contribution in [0.25, 0.3) is 0 Å². The van der Waals surface area contributed by atoms with Gasteiger partial charge >= 0.3 is 0 Å². The van der Waals surface area contributed by atoms with Gasteiger partial charge in [-0.05, 0) is 12.8 Å². The molecule has 1 aliphatic rings. The molecule has 2 heterocycles. The Balaban J connectivity index is 1.78. The summed E-state index contributed by atoms with van der Waals surface area (Å²) < 4.78 is 7.21. The van der Waals surface area contributed by atoms with Crippen LogP contribution in [0, 0.1) is 0 Å². The van der Waals surface area contributed by atoms with Gasteiger partial charge in [0.05, 0.1) is 12.3 Å². The number of ether oxygens (including phenoxy) is 1. The van der Waals surface area contributed by atoms with Crippen LogP contribution in [-0.4, -0.2) is 34.4 Å². The fourth-order valence-corrected chi connectivity index (χ4v) is 1.94. The highest BCUT2D eigenvalue weighted by Gasteiger charge is 2.29. The normalized spacial score (nSPS) is 23.9. The average Bonchev–Trinajstić information content (AvgIpc) is 2.94. The molecular formula is C11H18N4O2. The van der Waals surface area contributed by atoms with Crippen LogP contribution in [0.3, 0.4) is 0 Å². The number of carbonyl (C=O) groups is 1. The van der Waals surface area contributed by atoms with Crippen molar-refractivity contribution in [2.24, 2.45) is 12.8 Å². The zero-order chi connectivity index (χ0) is 12.3. The molecule has 0 aliphatic carbocycles. The molecule has 17 heavy (non-hydrogen) atoms. The van der Waals surface area contributed by atoms with Crippen molar-refractivity contribution >= 4 is 5.91 Å². The summed E-state index contributed by atoms with van der Waals surface area (Å²) in [5.41, 5.74) is 6.48. The molecule has 1 aromatic rings. The van der Waals surface area contributed by atoms with Gasteiger partial charge in [0, 0.05) is 31.9 Å². The summed E-state index contributed by atoms with van der Waals surface area (Å²) in [5.74, 6) is -0.0650. The topological polar surface area (TPSA) is 82.2 Å². The van der Waals surface area contributed by atoms with E-state index in [0.29, 0.717) is 13.1 Å². The van der Waals surface area contributed by atoms with Crippen LogP contribution in [-0.2, 0) is 23.1 Å². The summed E-state index contributed by atoms with van der Waals surface area (Å²) in [6.45, 7) is 0.964. The molecule has 2 unspecified atom stereocenters. The van der Waals surface area contributed by atoms with Gasteiger partial charge in [-0.2, -0.15) is 5.10 Å². The number of nitrogens with one attached hydrogen (secondary N) is 1. The third-order valence-electron chi connectivity index (χ3n) is 2.89. The van der Waals surface area contributed by atoms with Gasteiger partial charge in [0.15, 0.2) is 0 Å². The van der Waals surface area contributed by atoms with Crippen LogP contribution in [0.15, 0.2) is 12.4 Å². The summed E-state index contributed by atoms with van der Waals surface area (Å²) in [5, 5.41) is 6.88. The van der Waals surface area contributed by atoms with E-state index in [-0.39, 0.29) is 18.1 Å². The van der Waals surface area contributed by atoms with Crippen molar-refractivity contribution < 1.29 is 9.53 Å². The van der Waals surface area contributed by atoms with Gasteiger partial charge in [-0.15, -0.1) is 0 Å². The van der Waals surface area contributed by atoms with Crippen LogP contribution in [0.5, 0.6) is 0 Å². The lowest BCUT2D eigenvalue weighted by Gasteiger charge is -2.12. The number of nitrogens with zero attached hydrogens (tertiary/aromatic N) is 2. The van der Waals surface area contributed by atoms with Gasteiger partial charge < -0.3 is 15.8 Å². The molecule has 0 spiro atoms. The Hall–Kier alpha value is -1.40. The SMILES string of the molecule is Cn1cc(CNC(=O)C2CCC(CN)O2)cn1. The Morgan fingerprint density at radius 2 is 2.53 bits per heavy atom. The van der Waals surface area contributed by atoms with Crippen LogP contribution in [0.4, 0.5) is 0 Å². The molecule has 3 N–H and O–H groups in total. The van der Waals surface area contributed by atoms with E-state index in [4.69, 9.17) is 10.5 Å². The second-order valence-electron chi connectivity index (χ2n) is 4.30. The Morgan fingerprint density at radius 3 is 3.12 bits per heavy atom. The molecule has 0 bridgehead atoms. The van der Waals surface area contributed by atoms with Gasteiger partial charge in [-0.1, -0.05) is 0 Å². The minimum Gasteiger partial charge on any atom is -0.364 e. The van der Waals surface area contributed by atoms with Crippen molar-refractivity contribution in [2.75, 3.05) is 6.54 Å². The molecule has 6 heteroatoms. The number of aryl methyl sites for hydroxylation is 1. The molecule has 0 radical (unpaired) electrons. The average molecular weight is 238 g/mol. The number of nitrogens with two attached hydrogens (primary N) is 1. The maximum absolute atomic E-state index is 11.8. The van der Waals surface area contributed by atoms with Crippen molar-refractivity contribution in [3.8, 4) is 0 Å². The number of rotatable bonds is 4. The van der Waals surface area contributed by atoms with Crippen LogP contribution in [0.2, 0.25) is 0 Å². The number of hydrogen-bond donors (Lipinski definition) is 2. The highest BCUT2D eigenvalue weighted by Crippen LogP contribution is 2.18. The number of hydrogen-bond acceptors (Lipinski definition) is 4. The summed E-state index contributed by atoms with van der Waals surface area (Å²) in [6, 6.07) is 0. The van der Waals surface area contributed by atoms with E-state index < -0.39 is 0 Å². The summed E-state index contributed by atoms with van der Waals surface area (Å²) in [7, 11) is 1.84. The number of aromatic nitrogens is 2. The van der Waals surface area contributed by atoms with E-state index in [0.717, 1.165) is 18.4 Å². The largest absolute Gasteiger partial charge is 0.364 e. The molecule has 1 aliphatic heterocycles. The maximum atomic E-state index is 11.8. The third kappa shape index (κ3) is 3.04. The second kappa shape index (κ2) is 5.29. The van der Waals surface area contributed by atoms with E-state index in [1.807, 2.05) is 13.2 Å². The standard InChI is InChI=1S/C11H18N4O2/c1-15-7-8(6-14-15)5-13-11(16)10-3-2-9(4-12)17-10/h6-7,9-10H,2-5,12H2,1H3,(H,13,16). The lowest BCUT2D eigenvalue weighted by Crippen LogP contribution is -2.35. The Labute approximate surface area is 100 Å². The van der Waals surface area contributed by atoms with E-state index in [9.17, 15) is 4.79 Å². The molecule has 0 aromatic carbocycles. The highest BCUT2D eigenvalue weighted by atomic mass is 16.5. The monoisotopic (exact) mass is 238 g/mol. The first-order valence-corrected chi connectivity index (χ1v) is 5.80. The predicted octanol–water partition coefficient (Wildman–Crippen LogP) is -0.457. The molecule has 1 saturated heterocycles. The molecular weight excluding hydrogens is 220 g/mol. The van der Waals surface area contributed by atoms with Crippen molar-refractivity contribution in [1.82, 2.24) is 15.1 Å². The van der Waals surface area contributed by atoms with Gasteiger partial charge in [-0.3, -0.25) is 9.48 Å². The molecule has 0 saturated carbocycles. The number of carbonyl (C=O) groups excluding carboxylic acids is 1. The van der Waals surface area contributed by atoms with Crippen LogP contribution >= 0.6 is 0 Å². The first-order chi connectivity index (χ1) is 8.19. The van der Waals surface area contributed by atoms with E-state index >= 15 is 0 Å². The summed E-state index contributed by atoms with van der Waals surface area (Å²) in [4.78, 5) is 11.8. The third-order valence-corrected chi connectivity index (χ3v) is 2.89. The lowest BCUT2D eigenvalue weighted by molar-refractivity contribution is -0.132. The van der Waals surface area contributed by atoms with Crippen molar-refractivity contribution in [3.05, 3.63) is 18.0 Å². The van der Waals surface area contributed by atoms with Gasteiger partial charge in [-0.25, -0.2) is 0 Å². The quantitative estimate of drug-likeness (QED) is 0.744. The minimum atomic E-state index is -0.347. The zero-order valence-electron chi connectivity index (χ0n) is 9.93. The van der Waals surface area contributed by atoms with Gasteiger partial charge in [0.25, 0.3) is 0 Å². The van der Waals surface area contributed by atoms with Gasteiger partial charge in [0.1, 0.15) is 6.10 Å². The van der Waals surface area contributed by atoms with E-state index in [2.05, 4.69) is 10.4 Å². The number of amides is 1. The highest BCUT2D eigenvalue weighted by molar-refractivity contribution is 5.80. The smallest absolute Gasteiger partial charge is 0.249 e. The Bertz CT molecular complexity index is 391. The summed E-state index contributed by atoms with van der Waals surface area (Å²) >= 11 is 0. The molecule has 1 aromatic heterocycles. The first-order valence-electron chi connectivity index (χ1n) is 5.80. The van der Waals surface area contributed by atoms with Crippen molar-refractivity contribution in [3.63, 3.8) is 0 Å². The van der Waals surface area contributed by atoms with Crippen molar-refractivity contribution in [1.29, 1.82) is 0 Å². The maximum Gasteiger partial charge on any atom is 0.249 e. The molecule has 2 rings (SSSR count). The molecule has 2 atom stereocenters. The summed E-state index contributed by atoms with van der Waals surface area (Å²) in [6.07, 6.45) is 4.91. The van der Waals surface area contributed by atoms with Gasteiger partial charge in [0.2, 0.25) is 5.91 Å². The Kier molecular flexibility index (Phi) is 3.75. The lowest BCUT2D eigenvalue weighted by atomic mass is 10.2. The molecule has 6 nitrogen and oxygen atoms in total. The second-order valence-corrected chi connectivity index (χ2v) is 4.30.